The Hall–Kier alpha value is -3.15. The highest BCUT2D eigenvalue weighted by atomic mass is 15.1. The van der Waals surface area contributed by atoms with Crippen molar-refractivity contribution in [2.75, 3.05) is 28.6 Å². The average molecular weight is 360 g/mol. The van der Waals surface area contributed by atoms with Gasteiger partial charge in [0.05, 0.1) is 12.2 Å². The molecule has 0 atom stereocenters. The van der Waals surface area contributed by atoms with E-state index in [-0.39, 0.29) is 0 Å². The van der Waals surface area contributed by atoms with Gasteiger partial charge in [0.15, 0.2) is 0 Å². The van der Waals surface area contributed by atoms with Crippen molar-refractivity contribution in [3.05, 3.63) is 66.7 Å². The molecule has 1 aliphatic rings. The Morgan fingerprint density at radius 1 is 0.852 bits per heavy atom. The minimum absolute atomic E-state index is 0.627. The van der Waals surface area contributed by atoms with E-state index >= 15 is 0 Å². The second-order valence-corrected chi connectivity index (χ2v) is 6.68. The molecule has 6 nitrogen and oxygen atoms in total. The predicted molar refractivity (Wildman–Crippen MR) is 109 cm³/mol. The average Bonchev–Trinajstić information content (AvgIpc) is 2.75. The first-order valence-corrected chi connectivity index (χ1v) is 9.45. The summed E-state index contributed by atoms with van der Waals surface area (Å²) in [6, 6.07) is 16.3. The maximum absolute atomic E-state index is 4.31. The van der Waals surface area contributed by atoms with Crippen molar-refractivity contribution in [2.24, 2.45) is 0 Å². The van der Waals surface area contributed by atoms with Gasteiger partial charge < -0.3 is 15.5 Å². The fraction of sp³-hybridized carbons (Fsp3) is 0.286. The molecule has 3 heterocycles. The summed E-state index contributed by atoms with van der Waals surface area (Å²) in [6.07, 6.45) is 7.27. The largest absolute Gasteiger partial charge is 0.372 e. The third-order valence-electron chi connectivity index (χ3n) is 4.70. The van der Waals surface area contributed by atoms with Crippen LogP contribution in [0.1, 0.15) is 25.0 Å². The summed E-state index contributed by atoms with van der Waals surface area (Å²) in [5.41, 5.74) is 3.28. The van der Waals surface area contributed by atoms with Crippen LogP contribution in [0.4, 0.5) is 23.0 Å². The topological polar surface area (TPSA) is 66.0 Å². The number of hydrogen-bond acceptors (Lipinski definition) is 6. The van der Waals surface area contributed by atoms with Gasteiger partial charge in [-0.3, -0.25) is 4.98 Å². The Morgan fingerprint density at radius 3 is 2.44 bits per heavy atom. The standard InChI is InChI=1S/C21H24N6/c1-4-12-27(13-5-1)19-9-7-17(8-10-19)26-21-14-20(24-16-25-21)23-15-18-6-2-3-11-22-18/h2-3,6-11,14,16H,1,4-5,12-13,15H2,(H2,23,24,25,26). The van der Waals surface area contributed by atoms with E-state index < -0.39 is 0 Å². The zero-order valence-electron chi connectivity index (χ0n) is 15.3. The third kappa shape index (κ3) is 4.73. The predicted octanol–water partition coefficient (Wildman–Crippen LogP) is 4.22. The van der Waals surface area contributed by atoms with Crippen molar-refractivity contribution >= 4 is 23.0 Å². The van der Waals surface area contributed by atoms with Gasteiger partial charge in [-0.25, -0.2) is 9.97 Å². The Morgan fingerprint density at radius 2 is 1.67 bits per heavy atom. The fourth-order valence-electron chi connectivity index (χ4n) is 3.26. The van der Waals surface area contributed by atoms with Crippen LogP contribution < -0.4 is 15.5 Å². The molecule has 0 saturated carbocycles. The highest BCUT2D eigenvalue weighted by molar-refractivity contribution is 5.62. The molecule has 0 aliphatic carbocycles. The van der Waals surface area contributed by atoms with Gasteiger partial charge >= 0.3 is 0 Å². The molecule has 1 aliphatic heterocycles. The monoisotopic (exact) mass is 360 g/mol. The molecule has 6 heteroatoms. The quantitative estimate of drug-likeness (QED) is 0.686. The van der Waals surface area contributed by atoms with E-state index in [1.54, 1.807) is 12.5 Å². The van der Waals surface area contributed by atoms with E-state index in [9.17, 15) is 0 Å². The lowest BCUT2D eigenvalue weighted by atomic mass is 10.1. The molecule has 0 spiro atoms. The third-order valence-corrected chi connectivity index (χ3v) is 4.70. The molecular weight excluding hydrogens is 336 g/mol. The van der Waals surface area contributed by atoms with Crippen LogP contribution >= 0.6 is 0 Å². The number of nitrogens with zero attached hydrogens (tertiary/aromatic N) is 4. The van der Waals surface area contributed by atoms with E-state index in [0.29, 0.717) is 6.54 Å². The van der Waals surface area contributed by atoms with Crippen molar-refractivity contribution in [3.63, 3.8) is 0 Å². The first-order chi connectivity index (χ1) is 13.4. The first-order valence-electron chi connectivity index (χ1n) is 9.45. The maximum atomic E-state index is 4.31. The van der Waals surface area contributed by atoms with Gasteiger partial charge in [-0.15, -0.1) is 0 Å². The van der Waals surface area contributed by atoms with Crippen molar-refractivity contribution in [1.29, 1.82) is 0 Å². The second-order valence-electron chi connectivity index (χ2n) is 6.68. The zero-order valence-corrected chi connectivity index (χ0v) is 15.3. The number of rotatable bonds is 6. The Kier molecular flexibility index (Phi) is 5.43. The summed E-state index contributed by atoms with van der Waals surface area (Å²) in [5.74, 6) is 1.53. The molecule has 1 fully saturated rings. The maximum Gasteiger partial charge on any atom is 0.135 e. The number of piperidine rings is 1. The number of aromatic nitrogens is 3. The number of nitrogens with one attached hydrogen (secondary N) is 2. The van der Waals surface area contributed by atoms with Gasteiger partial charge in [0, 0.05) is 36.7 Å². The lowest BCUT2D eigenvalue weighted by Gasteiger charge is -2.28. The van der Waals surface area contributed by atoms with E-state index in [4.69, 9.17) is 0 Å². The van der Waals surface area contributed by atoms with Gasteiger partial charge in [0.2, 0.25) is 0 Å². The minimum Gasteiger partial charge on any atom is -0.372 e. The normalized spacial score (nSPS) is 14.0. The number of anilines is 4. The molecule has 0 unspecified atom stereocenters. The SMILES string of the molecule is c1ccc(CNc2cc(Nc3ccc(N4CCCCC4)cc3)ncn2)nc1. The van der Waals surface area contributed by atoms with Crippen LogP contribution in [0.5, 0.6) is 0 Å². The van der Waals surface area contributed by atoms with Gasteiger partial charge in [-0.2, -0.15) is 0 Å². The molecule has 0 radical (unpaired) electrons. The van der Waals surface area contributed by atoms with Crippen molar-refractivity contribution in [3.8, 4) is 0 Å². The van der Waals surface area contributed by atoms with E-state index in [1.807, 2.05) is 24.3 Å². The smallest absolute Gasteiger partial charge is 0.135 e. The molecule has 138 valence electrons. The molecule has 1 saturated heterocycles. The molecule has 0 bridgehead atoms. The lowest BCUT2D eigenvalue weighted by molar-refractivity contribution is 0.578. The zero-order chi connectivity index (χ0) is 18.3. The van der Waals surface area contributed by atoms with E-state index in [0.717, 1.165) is 36.1 Å². The van der Waals surface area contributed by atoms with Gasteiger partial charge in [-0.1, -0.05) is 6.07 Å². The molecule has 27 heavy (non-hydrogen) atoms. The van der Waals surface area contributed by atoms with E-state index in [2.05, 4.69) is 54.8 Å². The summed E-state index contributed by atoms with van der Waals surface area (Å²) in [5, 5.41) is 6.63. The van der Waals surface area contributed by atoms with Crippen LogP contribution in [0.3, 0.4) is 0 Å². The molecule has 2 aromatic heterocycles. The second kappa shape index (κ2) is 8.49. The number of benzene rings is 1. The van der Waals surface area contributed by atoms with Crippen LogP contribution in [0.2, 0.25) is 0 Å². The first kappa shape index (κ1) is 17.3. The summed E-state index contributed by atoms with van der Waals surface area (Å²) < 4.78 is 0. The van der Waals surface area contributed by atoms with E-state index in [1.165, 1.54) is 24.9 Å². The highest BCUT2D eigenvalue weighted by Crippen LogP contribution is 2.23. The molecule has 4 rings (SSSR count). The minimum atomic E-state index is 0.627. The molecule has 0 amide bonds. The molecule has 2 N–H and O–H groups in total. The van der Waals surface area contributed by atoms with Crippen LogP contribution in [0, 0.1) is 0 Å². The number of pyridine rings is 1. The Labute approximate surface area is 159 Å². The Bertz CT molecular complexity index is 844. The summed E-state index contributed by atoms with van der Waals surface area (Å²) >= 11 is 0. The molecular formula is C21H24N6. The lowest BCUT2D eigenvalue weighted by Crippen LogP contribution is -2.29. The van der Waals surface area contributed by atoms with Gasteiger partial charge in [-0.05, 0) is 55.7 Å². The summed E-state index contributed by atoms with van der Waals surface area (Å²) in [6.45, 7) is 2.94. The van der Waals surface area contributed by atoms with Crippen LogP contribution in [0.15, 0.2) is 61.1 Å². The molecule has 3 aromatic rings. The van der Waals surface area contributed by atoms with Crippen molar-refractivity contribution in [1.82, 2.24) is 15.0 Å². The van der Waals surface area contributed by atoms with Crippen LogP contribution in [0.25, 0.3) is 0 Å². The molecule has 1 aromatic carbocycles. The van der Waals surface area contributed by atoms with Gasteiger partial charge in [0.25, 0.3) is 0 Å². The van der Waals surface area contributed by atoms with Gasteiger partial charge in [0.1, 0.15) is 18.0 Å². The summed E-state index contributed by atoms with van der Waals surface area (Å²) in [7, 11) is 0. The van der Waals surface area contributed by atoms with Crippen LogP contribution in [-0.4, -0.2) is 28.0 Å². The highest BCUT2D eigenvalue weighted by Gasteiger charge is 2.10. The summed E-state index contributed by atoms with van der Waals surface area (Å²) in [4.78, 5) is 15.3. The number of hydrogen-bond donors (Lipinski definition) is 2. The van der Waals surface area contributed by atoms with Crippen molar-refractivity contribution < 1.29 is 0 Å². The Balaban J connectivity index is 1.37. The fourth-order valence-corrected chi connectivity index (χ4v) is 3.26. The van der Waals surface area contributed by atoms with Crippen LogP contribution in [-0.2, 0) is 6.54 Å². The van der Waals surface area contributed by atoms with Crippen molar-refractivity contribution in [2.45, 2.75) is 25.8 Å².